The molecule has 0 saturated heterocycles. The van der Waals surface area contributed by atoms with Crippen LogP contribution in [0.1, 0.15) is 38.6 Å². The van der Waals surface area contributed by atoms with Crippen LogP contribution < -0.4 is 0 Å². The number of benzene rings is 1. The Balaban J connectivity index is 1.93. The number of hydrogen-bond donors (Lipinski definition) is 0. The highest BCUT2D eigenvalue weighted by molar-refractivity contribution is 5.14. The molecule has 0 unspecified atom stereocenters. The Hall–Kier alpha value is -1.64. The van der Waals surface area contributed by atoms with Gasteiger partial charge >= 0.3 is 0 Å². The predicted octanol–water partition coefficient (Wildman–Crippen LogP) is 3.21. The van der Waals surface area contributed by atoms with Crippen molar-refractivity contribution in [2.24, 2.45) is 0 Å². The van der Waals surface area contributed by atoms with Crippen LogP contribution in [0, 0.1) is 0 Å². The van der Waals surface area contributed by atoms with Gasteiger partial charge in [0.15, 0.2) is 0 Å². The SMILES string of the molecule is CC(C)(C)n1cnnc1CCCc1ccccc1. The maximum atomic E-state index is 4.23. The fraction of sp³-hybridized carbons (Fsp3) is 0.467. The molecular weight excluding hydrogens is 222 g/mol. The molecule has 1 aromatic carbocycles. The molecule has 0 bridgehead atoms. The minimum absolute atomic E-state index is 0.0611. The lowest BCUT2D eigenvalue weighted by Crippen LogP contribution is -2.23. The summed E-state index contributed by atoms with van der Waals surface area (Å²) in [5.41, 5.74) is 1.45. The monoisotopic (exact) mass is 243 g/mol. The van der Waals surface area contributed by atoms with Gasteiger partial charge in [0.2, 0.25) is 0 Å². The zero-order valence-corrected chi connectivity index (χ0v) is 11.4. The van der Waals surface area contributed by atoms with Gasteiger partial charge in [-0.05, 0) is 39.2 Å². The summed E-state index contributed by atoms with van der Waals surface area (Å²) in [6.45, 7) is 6.53. The molecule has 0 radical (unpaired) electrons. The van der Waals surface area contributed by atoms with Crippen molar-refractivity contribution < 1.29 is 0 Å². The summed E-state index contributed by atoms with van der Waals surface area (Å²) in [5, 5.41) is 8.25. The van der Waals surface area contributed by atoms with E-state index in [1.165, 1.54) is 5.56 Å². The van der Waals surface area contributed by atoms with E-state index in [9.17, 15) is 0 Å². The van der Waals surface area contributed by atoms with Gasteiger partial charge in [-0.25, -0.2) is 0 Å². The number of rotatable bonds is 4. The fourth-order valence-electron chi connectivity index (χ4n) is 2.09. The number of aromatic nitrogens is 3. The summed E-state index contributed by atoms with van der Waals surface area (Å²) in [6.07, 6.45) is 5.01. The zero-order chi connectivity index (χ0) is 13.0. The van der Waals surface area contributed by atoms with Crippen LogP contribution in [0.25, 0.3) is 0 Å². The highest BCUT2D eigenvalue weighted by Crippen LogP contribution is 2.16. The minimum Gasteiger partial charge on any atom is -0.312 e. The molecule has 2 aromatic rings. The van der Waals surface area contributed by atoms with Gasteiger partial charge < -0.3 is 4.57 Å². The lowest BCUT2D eigenvalue weighted by molar-refractivity contribution is 0.380. The Labute approximate surface area is 109 Å². The van der Waals surface area contributed by atoms with E-state index < -0.39 is 0 Å². The molecule has 1 aromatic heterocycles. The van der Waals surface area contributed by atoms with Gasteiger partial charge in [0.25, 0.3) is 0 Å². The van der Waals surface area contributed by atoms with E-state index in [0.29, 0.717) is 0 Å². The third kappa shape index (κ3) is 3.19. The maximum Gasteiger partial charge on any atom is 0.133 e. The normalized spacial score (nSPS) is 11.7. The van der Waals surface area contributed by atoms with E-state index in [1.807, 2.05) is 6.33 Å². The van der Waals surface area contributed by atoms with Crippen molar-refractivity contribution in [3.8, 4) is 0 Å². The Morgan fingerprint density at radius 3 is 2.44 bits per heavy atom. The van der Waals surface area contributed by atoms with Gasteiger partial charge in [-0.1, -0.05) is 30.3 Å². The van der Waals surface area contributed by atoms with Crippen molar-refractivity contribution in [2.75, 3.05) is 0 Å². The average Bonchev–Trinajstić information content (AvgIpc) is 2.78. The van der Waals surface area contributed by atoms with Crippen molar-refractivity contribution in [3.05, 3.63) is 48.0 Å². The molecule has 0 spiro atoms. The smallest absolute Gasteiger partial charge is 0.133 e. The Morgan fingerprint density at radius 2 is 1.78 bits per heavy atom. The summed E-state index contributed by atoms with van der Waals surface area (Å²) in [7, 11) is 0. The predicted molar refractivity (Wildman–Crippen MR) is 73.5 cm³/mol. The molecule has 0 saturated carbocycles. The van der Waals surface area contributed by atoms with Gasteiger partial charge in [-0.15, -0.1) is 10.2 Å². The van der Waals surface area contributed by atoms with Crippen LogP contribution in [-0.4, -0.2) is 14.8 Å². The molecule has 1 heterocycles. The summed E-state index contributed by atoms with van der Waals surface area (Å²) in [4.78, 5) is 0. The number of hydrogen-bond acceptors (Lipinski definition) is 2. The lowest BCUT2D eigenvalue weighted by atomic mass is 10.1. The standard InChI is InChI=1S/C15H21N3/c1-15(2,3)18-12-16-17-14(18)11-7-10-13-8-5-4-6-9-13/h4-6,8-9,12H,7,10-11H2,1-3H3. The van der Waals surface area contributed by atoms with E-state index in [0.717, 1.165) is 25.1 Å². The maximum absolute atomic E-state index is 4.23. The summed E-state index contributed by atoms with van der Waals surface area (Å²) >= 11 is 0. The van der Waals surface area contributed by atoms with Crippen LogP contribution in [0.5, 0.6) is 0 Å². The summed E-state index contributed by atoms with van der Waals surface area (Å²) in [5.74, 6) is 1.08. The highest BCUT2D eigenvalue weighted by Gasteiger charge is 2.16. The van der Waals surface area contributed by atoms with Crippen LogP contribution >= 0.6 is 0 Å². The Morgan fingerprint density at radius 1 is 1.06 bits per heavy atom. The summed E-state index contributed by atoms with van der Waals surface area (Å²) < 4.78 is 2.16. The number of aryl methyl sites for hydroxylation is 2. The second-order valence-corrected chi connectivity index (χ2v) is 5.63. The molecule has 3 heteroatoms. The first-order chi connectivity index (χ1) is 8.57. The first-order valence-corrected chi connectivity index (χ1v) is 6.51. The van der Waals surface area contributed by atoms with E-state index >= 15 is 0 Å². The molecule has 96 valence electrons. The second-order valence-electron chi connectivity index (χ2n) is 5.63. The van der Waals surface area contributed by atoms with Crippen LogP contribution in [0.3, 0.4) is 0 Å². The quantitative estimate of drug-likeness (QED) is 0.825. The third-order valence-corrected chi connectivity index (χ3v) is 3.05. The van der Waals surface area contributed by atoms with Crippen molar-refractivity contribution in [2.45, 2.75) is 45.6 Å². The highest BCUT2D eigenvalue weighted by atomic mass is 15.3. The second kappa shape index (κ2) is 5.34. The first-order valence-electron chi connectivity index (χ1n) is 6.51. The van der Waals surface area contributed by atoms with E-state index in [1.54, 1.807) is 0 Å². The minimum atomic E-state index is 0.0611. The molecule has 0 aliphatic heterocycles. The van der Waals surface area contributed by atoms with Crippen molar-refractivity contribution in [1.82, 2.24) is 14.8 Å². The molecule has 0 atom stereocenters. The van der Waals surface area contributed by atoms with Crippen molar-refractivity contribution in [1.29, 1.82) is 0 Å². The van der Waals surface area contributed by atoms with Crippen LogP contribution in [0.4, 0.5) is 0 Å². The number of nitrogens with zero attached hydrogens (tertiary/aromatic N) is 3. The molecule has 3 nitrogen and oxygen atoms in total. The molecule has 0 fully saturated rings. The molecule has 2 rings (SSSR count). The van der Waals surface area contributed by atoms with Crippen LogP contribution in [0.15, 0.2) is 36.7 Å². The molecule has 0 aliphatic carbocycles. The van der Waals surface area contributed by atoms with Gasteiger partial charge in [0.05, 0.1) is 0 Å². The van der Waals surface area contributed by atoms with Gasteiger partial charge in [-0.2, -0.15) is 0 Å². The molecule has 0 aliphatic rings. The topological polar surface area (TPSA) is 30.7 Å². The largest absolute Gasteiger partial charge is 0.312 e. The Bertz CT molecular complexity index is 480. The van der Waals surface area contributed by atoms with Gasteiger partial charge in [-0.3, -0.25) is 0 Å². The van der Waals surface area contributed by atoms with E-state index in [-0.39, 0.29) is 5.54 Å². The van der Waals surface area contributed by atoms with E-state index in [2.05, 4.69) is 65.9 Å². The van der Waals surface area contributed by atoms with Crippen molar-refractivity contribution >= 4 is 0 Å². The Kier molecular flexibility index (Phi) is 3.80. The lowest BCUT2D eigenvalue weighted by Gasteiger charge is -2.22. The molecule has 0 N–H and O–H groups in total. The van der Waals surface area contributed by atoms with Gasteiger partial charge in [0.1, 0.15) is 12.2 Å². The van der Waals surface area contributed by atoms with Crippen molar-refractivity contribution in [3.63, 3.8) is 0 Å². The van der Waals surface area contributed by atoms with Crippen LogP contribution in [-0.2, 0) is 18.4 Å². The van der Waals surface area contributed by atoms with Gasteiger partial charge in [0, 0.05) is 12.0 Å². The summed E-state index contributed by atoms with van der Waals surface area (Å²) in [6, 6.07) is 10.6. The molecule has 0 amide bonds. The van der Waals surface area contributed by atoms with E-state index in [4.69, 9.17) is 0 Å². The molecular formula is C15H21N3. The first kappa shape index (κ1) is 12.8. The average molecular weight is 243 g/mol. The fourth-order valence-corrected chi connectivity index (χ4v) is 2.09. The third-order valence-electron chi connectivity index (χ3n) is 3.05. The molecule has 18 heavy (non-hydrogen) atoms. The van der Waals surface area contributed by atoms with Crippen LogP contribution in [0.2, 0.25) is 0 Å². The zero-order valence-electron chi connectivity index (χ0n) is 11.4.